The molecule has 4 unspecified atom stereocenters. The van der Waals surface area contributed by atoms with Gasteiger partial charge in [-0.1, -0.05) is 50.5 Å². The molecular weight excluding hydrogens is 496 g/mol. The van der Waals surface area contributed by atoms with Gasteiger partial charge < -0.3 is 20.4 Å². The highest BCUT2D eigenvalue weighted by atomic mass is 16.3. The molecule has 4 heteroatoms. The third-order valence-electron chi connectivity index (χ3n) is 10.2. The smallest absolute Gasteiger partial charge is 0.122 e. The summed E-state index contributed by atoms with van der Waals surface area (Å²) in [6.45, 7) is 8.28. The fraction of sp³-hybridized carbons (Fsp3) is 0.500. The number of aliphatic hydroxyl groups excluding tert-OH is 1. The van der Waals surface area contributed by atoms with Crippen LogP contribution in [0.15, 0.2) is 48.5 Å². The zero-order valence-electron chi connectivity index (χ0n) is 24.6. The minimum Gasteiger partial charge on any atom is -0.508 e. The Bertz CT molecular complexity index is 1360. The maximum absolute atomic E-state index is 11.5. The van der Waals surface area contributed by atoms with Gasteiger partial charge in [-0.05, 0) is 139 Å². The Labute approximate surface area is 239 Å². The van der Waals surface area contributed by atoms with Crippen molar-refractivity contribution in [1.29, 1.82) is 0 Å². The second-order valence-corrected chi connectivity index (χ2v) is 13.0. The summed E-state index contributed by atoms with van der Waals surface area (Å²) in [5.41, 5.74) is 7.47. The van der Waals surface area contributed by atoms with E-state index in [0.717, 1.165) is 47.1 Å². The summed E-state index contributed by atoms with van der Waals surface area (Å²) >= 11 is 0. The van der Waals surface area contributed by atoms with Crippen LogP contribution in [-0.4, -0.2) is 26.5 Å². The maximum Gasteiger partial charge on any atom is 0.122 e. The van der Waals surface area contributed by atoms with Crippen LogP contribution in [0.1, 0.15) is 90.8 Å². The monoisotopic (exact) mass is 542 g/mol. The molecule has 4 nitrogen and oxygen atoms in total. The van der Waals surface area contributed by atoms with Gasteiger partial charge in [0.1, 0.15) is 17.2 Å². The summed E-state index contributed by atoms with van der Waals surface area (Å²) in [5.74, 6) is 1.73. The molecule has 2 fully saturated rings. The molecule has 4 atom stereocenters. The zero-order chi connectivity index (χ0) is 28.6. The molecule has 0 spiro atoms. The number of phenolic OH excluding ortho intramolecular Hbond substituents is 3. The lowest BCUT2D eigenvalue weighted by atomic mass is 9.53. The lowest BCUT2D eigenvalue weighted by Crippen LogP contribution is -2.49. The molecule has 0 aromatic heterocycles. The number of aliphatic hydroxyl groups is 1. The van der Waals surface area contributed by atoms with Crippen LogP contribution in [0.2, 0.25) is 0 Å². The molecule has 2 saturated carbocycles. The third-order valence-corrected chi connectivity index (χ3v) is 10.2. The van der Waals surface area contributed by atoms with E-state index in [-0.39, 0.29) is 34.9 Å². The van der Waals surface area contributed by atoms with E-state index in [0.29, 0.717) is 18.1 Å². The largest absolute Gasteiger partial charge is 0.508 e. The van der Waals surface area contributed by atoms with E-state index < -0.39 is 0 Å². The molecule has 3 aromatic rings. The minimum absolute atomic E-state index is 0.0637. The quantitative estimate of drug-likeness (QED) is 0.256. The van der Waals surface area contributed by atoms with Crippen LogP contribution in [0.5, 0.6) is 17.2 Å². The molecule has 214 valence electrons. The van der Waals surface area contributed by atoms with E-state index in [4.69, 9.17) is 0 Å². The second kappa shape index (κ2) is 11.5. The van der Waals surface area contributed by atoms with Gasteiger partial charge in [-0.3, -0.25) is 0 Å². The highest BCUT2D eigenvalue weighted by Gasteiger charge is 2.49. The van der Waals surface area contributed by atoms with E-state index >= 15 is 0 Å². The molecule has 0 heterocycles. The Morgan fingerprint density at radius 2 is 1.35 bits per heavy atom. The predicted molar refractivity (Wildman–Crippen MR) is 161 cm³/mol. The van der Waals surface area contributed by atoms with E-state index in [1.807, 2.05) is 39.0 Å². The van der Waals surface area contributed by atoms with Crippen LogP contribution >= 0.6 is 0 Å². The van der Waals surface area contributed by atoms with Gasteiger partial charge in [0.15, 0.2) is 0 Å². The maximum atomic E-state index is 11.5. The molecule has 2 aliphatic carbocycles. The lowest BCUT2D eigenvalue weighted by molar-refractivity contribution is -0.0297. The van der Waals surface area contributed by atoms with Crippen LogP contribution in [0.3, 0.4) is 0 Å². The fourth-order valence-electron chi connectivity index (χ4n) is 8.03. The van der Waals surface area contributed by atoms with Crippen molar-refractivity contribution in [2.75, 3.05) is 0 Å². The first-order valence-electron chi connectivity index (χ1n) is 15.2. The Kier molecular flexibility index (Phi) is 8.20. The van der Waals surface area contributed by atoms with Gasteiger partial charge >= 0.3 is 0 Å². The first kappa shape index (κ1) is 28.5. The summed E-state index contributed by atoms with van der Waals surface area (Å²) in [5, 5.41) is 42.6. The highest BCUT2D eigenvalue weighted by molar-refractivity contribution is 5.49. The van der Waals surface area contributed by atoms with Crippen LogP contribution in [0.25, 0.3) is 0 Å². The molecule has 0 aliphatic heterocycles. The van der Waals surface area contributed by atoms with Gasteiger partial charge in [0, 0.05) is 6.42 Å². The topological polar surface area (TPSA) is 80.9 Å². The Balaban J connectivity index is 1.58. The lowest BCUT2D eigenvalue weighted by Gasteiger charge is -2.52. The zero-order valence-corrected chi connectivity index (χ0v) is 24.6. The van der Waals surface area contributed by atoms with Crippen LogP contribution < -0.4 is 0 Å². The number of rotatable bonds is 6. The van der Waals surface area contributed by atoms with Crippen molar-refractivity contribution < 1.29 is 20.4 Å². The third kappa shape index (κ3) is 5.61. The summed E-state index contributed by atoms with van der Waals surface area (Å²) in [7, 11) is 0. The number of hydrogen-bond donors (Lipinski definition) is 4. The van der Waals surface area contributed by atoms with Gasteiger partial charge in [-0.25, -0.2) is 0 Å². The average molecular weight is 543 g/mol. The summed E-state index contributed by atoms with van der Waals surface area (Å²) in [6.07, 6.45) is 9.12. The number of benzene rings is 3. The molecule has 4 N–H and O–H groups in total. The Morgan fingerprint density at radius 3 is 1.98 bits per heavy atom. The van der Waals surface area contributed by atoms with Crippen molar-refractivity contribution in [2.24, 2.45) is 17.8 Å². The normalized spacial score (nSPS) is 25.7. The Morgan fingerprint density at radius 1 is 0.725 bits per heavy atom. The Hall–Kier alpha value is -2.98. The summed E-state index contributed by atoms with van der Waals surface area (Å²) in [6, 6.07) is 15.5. The average Bonchev–Trinajstić information content (AvgIpc) is 2.92. The van der Waals surface area contributed by atoms with Gasteiger partial charge in [0.05, 0.1) is 6.10 Å². The molecule has 5 rings (SSSR count). The van der Waals surface area contributed by atoms with Crippen molar-refractivity contribution in [3.05, 3.63) is 87.5 Å². The summed E-state index contributed by atoms with van der Waals surface area (Å²) < 4.78 is 0. The number of aryl methyl sites for hydroxylation is 3. The van der Waals surface area contributed by atoms with Crippen molar-refractivity contribution in [3.63, 3.8) is 0 Å². The first-order valence-corrected chi connectivity index (χ1v) is 15.2. The second-order valence-electron chi connectivity index (χ2n) is 13.0. The SMILES string of the molecule is Cc1cc(O)ccc1Cc1cc(C2(C3CCCCC3)CC(C)C(O)C(Cc3ccc(O)cc3C)C2)cc(C)c1O. The van der Waals surface area contributed by atoms with Crippen molar-refractivity contribution in [2.45, 2.75) is 97.0 Å². The van der Waals surface area contributed by atoms with E-state index in [2.05, 4.69) is 19.1 Å². The van der Waals surface area contributed by atoms with Gasteiger partial charge in [-0.2, -0.15) is 0 Å². The van der Waals surface area contributed by atoms with E-state index in [9.17, 15) is 20.4 Å². The molecule has 0 saturated heterocycles. The summed E-state index contributed by atoms with van der Waals surface area (Å²) in [4.78, 5) is 0. The minimum atomic E-state index is -0.373. The molecule has 2 aliphatic rings. The van der Waals surface area contributed by atoms with Gasteiger partial charge in [-0.15, -0.1) is 0 Å². The first-order chi connectivity index (χ1) is 19.1. The van der Waals surface area contributed by atoms with Crippen molar-refractivity contribution in [1.82, 2.24) is 0 Å². The number of phenols is 3. The molecular formula is C36H46O4. The highest BCUT2D eigenvalue weighted by Crippen LogP contribution is 2.54. The molecule has 40 heavy (non-hydrogen) atoms. The van der Waals surface area contributed by atoms with Crippen LogP contribution in [0, 0.1) is 38.5 Å². The molecule has 0 radical (unpaired) electrons. The van der Waals surface area contributed by atoms with Crippen LogP contribution in [-0.2, 0) is 18.3 Å². The number of aromatic hydroxyl groups is 3. The number of hydrogen-bond acceptors (Lipinski definition) is 4. The van der Waals surface area contributed by atoms with Crippen molar-refractivity contribution in [3.8, 4) is 17.2 Å². The molecule has 3 aromatic carbocycles. The standard InChI is InChI=1S/C36H46O4/c1-22-15-32(37)12-10-26(22)17-28-19-31(14-24(3)34(28)39)36(30-8-6-5-7-9-30)20-25(4)35(40)29(21-36)18-27-11-13-33(38)16-23(27)2/h10-16,19,25,29-30,35,37-40H,5-9,17-18,20-21H2,1-4H3. The van der Waals surface area contributed by atoms with E-state index in [1.165, 1.54) is 43.2 Å². The molecule has 0 amide bonds. The van der Waals surface area contributed by atoms with Crippen molar-refractivity contribution >= 4 is 0 Å². The predicted octanol–water partition coefficient (Wildman–Crippen LogP) is 7.79. The fourth-order valence-corrected chi connectivity index (χ4v) is 8.03. The van der Waals surface area contributed by atoms with Gasteiger partial charge in [0.25, 0.3) is 0 Å². The van der Waals surface area contributed by atoms with Crippen LogP contribution in [0.4, 0.5) is 0 Å². The van der Waals surface area contributed by atoms with E-state index in [1.54, 1.807) is 18.2 Å². The van der Waals surface area contributed by atoms with Gasteiger partial charge in [0.2, 0.25) is 0 Å². The molecule has 0 bridgehead atoms.